The largest absolute Gasteiger partial charge is 0.462 e. The number of rotatable bonds is 52. The van der Waals surface area contributed by atoms with Crippen LogP contribution in [-0.4, -0.2) is 37.2 Å². The smallest absolute Gasteiger partial charge is 0.306 e. The van der Waals surface area contributed by atoms with Crippen LogP contribution in [-0.2, 0) is 28.6 Å². The van der Waals surface area contributed by atoms with Crippen molar-refractivity contribution in [3.63, 3.8) is 0 Å². The van der Waals surface area contributed by atoms with Crippen LogP contribution in [0.2, 0.25) is 0 Å². The van der Waals surface area contributed by atoms with Crippen molar-refractivity contribution in [2.75, 3.05) is 13.2 Å². The Morgan fingerprint density at radius 1 is 0.262 bits per heavy atom. The van der Waals surface area contributed by atoms with Crippen molar-refractivity contribution in [3.8, 4) is 0 Å². The molecule has 6 nitrogen and oxygen atoms in total. The molecule has 0 fully saturated rings. The molecule has 0 aliphatic rings. The number of ether oxygens (including phenoxy) is 3. The van der Waals surface area contributed by atoms with E-state index in [-0.39, 0.29) is 31.1 Å². The highest BCUT2D eigenvalue weighted by molar-refractivity contribution is 5.71. The van der Waals surface area contributed by atoms with Gasteiger partial charge in [0.2, 0.25) is 0 Å². The summed E-state index contributed by atoms with van der Waals surface area (Å²) in [5, 5.41) is 0. The van der Waals surface area contributed by atoms with E-state index in [1.54, 1.807) is 0 Å². The minimum Gasteiger partial charge on any atom is -0.462 e. The Morgan fingerprint density at radius 3 is 0.662 bits per heavy atom. The third-order valence-electron chi connectivity index (χ3n) is 13.4. The first-order valence-corrected chi connectivity index (χ1v) is 29.1. The minimum absolute atomic E-state index is 0.0637. The predicted octanol–water partition coefficient (Wildman–Crippen LogP) is 19.1. The lowest BCUT2D eigenvalue weighted by atomic mass is 10.0. The van der Waals surface area contributed by atoms with E-state index in [1.165, 1.54) is 205 Å². The first kappa shape index (κ1) is 63.4. The normalized spacial score (nSPS) is 12.1. The SMILES string of the molecule is CC(C)CCCCCCCCCCCCCCCCCC(=O)OC[C@@H](COC(=O)CCCCCCCCCCC(C)C)OC(=O)CCCCCCCCCCCCCCCCCC(C)C. The van der Waals surface area contributed by atoms with Gasteiger partial charge >= 0.3 is 17.9 Å². The molecule has 0 saturated carbocycles. The number of hydrogen-bond acceptors (Lipinski definition) is 6. The topological polar surface area (TPSA) is 78.9 Å². The van der Waals surface area contributed by atoms with Crippen molar-refractivity contribution < 1.29 is 28.6 Å². The van der Waals surface area contributed by atoms with E-state index in [1.807, 2.05) is 0 Å². The lowest BCUT2D eigenvalue weighted by Crippen LogP contribution is -2.30. The van der Waals surface area contributed by atoms with Crippen molar-refractivity contribution in [1.82, 2.24) is 0 Å². The van der Waals surface area contributed by atoms with Crippen LogP contribution < -0.4 is 0 Å². The van der Waals surface area contributed by atoms with Crippen molar-refractivity contribution in [2.24, 2.45) is 17.8 Å². The summed E-state index contributed by atoms with van der Waals surface area (Å²) in [5.41, 5.74) is 0. The Hall–Kier alpha value is -1.59. The fourth-order valence-electron chi connectivity index (χ4n) is 9.00. The van der Waals surface area contributed by atoms with Crippen LogP contribution in [0.15, 0.2) is 0 Å². The van der Waals surface area contributed by atoms with Crippen LogP contribution in [0.5, 0.6) is 0 Å². The van der Waals surface area contributed by atoms with Crippen molar-refractivity contribution in [2.45, 2.75) is 330 Å². The maximum atomic E-state index is 12.9. The summed E-state index contributed by atoms with van der Waals surface area (Å²) in [6.07, 6.45) is 52.4. The van der Waals surface area contributed by atoms with Gasteiger partial charge in [0.1, 0.15) is 13.2 Å². The average molecular weight is 920 g/mol. The van der Waals surface area contributed by atoms with E-state index in [9.17, 15) is 14.4 Å². The Kier molecular flexibility index (Phi) is 49.1. The second-order valence-electron chi connectivity index (χ2n) is 21.7. The number of unbranched alkanes of at least 4 members (excludes halogenated alkanes) is 35. The van der Waals surface area contributed by atoms with Gasteiger partial charge in [-0.1, -0.05) is 286 Å². The molecule has 0 unspecified atom stereocenters. The highest BCUT2D eigenvalue weighted by atomic mass is 16.6. The minimum atomic E-state index is -0.764. The second-order valence-corrected chi connectivity index (χ2v) is 21.7. The molecule has 0 heterocycles. The Bertz CT molecular complexity index is 1010. The molecule has 0 amide bonds. The molecule has 386 valence electrons. The fraction of sp³-hybridized carbons (Fsp3) is 0.949. The molecule has 0 bridgehead atoms. The van der Waals surface area contributed by atoms with Gasteiger partial charge < -0.3 is 14.2 Å². The molecule has 0 aromatic heterocycles. The van der Waals surface area contributed by atoms with Crippen molar-refractivity contribution in [3.05, 3.63) is 0 Å². The highest BCUT2D eigenvalue weighted by Gasteiger charge is 2.19. The number of hydrogen-bond donors (Lipinski definition) is 0. The van der Waals surface area contributed by atoms with Crippen LogP contribution in [0.4, 0.5) is 0 Å². The number of carbonyl (C=O) groups excluding carboxylic acids is 3. The molecule has 0 saturated heterocycles. The number of esters is 3. The second kappa shape index (κ2) is 50.3. The van der Waals surface area contributed by atoms with Gasteiger partial charge in [-0.3, -0.25) is 14.4 Å². The molecular formula is C59H114O6. The first-order chi connectivity index (χ1) is 31.6. The van der Waals surface area contributed by atoms with E-state index in [0.717, 1.165) is 75.5 Å². The zero-order valence-corrected chi connectivity index (χ0v) is 44.8. The molecule has 6 heteroatoms. The Morgan fingerprint density at radius 2 is 0.446 bits per heavy atom. The van der Waals surface area contributed by atoms with Gasteiger partial charge in [-0.2, -0.15) is 0 Å². The number of carbonyl (C=O) groups is 3. The molecule has 0 rings (SSSR count). The van der Waals surface area contributed by atoms with E-state index >= 15 is 0 Å². The Balaban J connectivity index is 4.26. The highest BCUT2D eigenvalue weighted by Crippen LogP contribution is 2.18. The summed E-state index contributed by atoms with van der Waals surface area (Å²) in [6, 6.07) is 0. The lowest BCUT2D eigenvalue weighted by Gasteiger charge is -2.18. The third kappa shape index (κ3) is 53.2. The average Bonchev–Trinajstić information content (AvgIpc) is 3.26. The summed E-state index contributed by atoms with van der Waals surface area (Å²) < 4.78 is 16.9. The lowest BCUT2D eigenvalue weighted by molar-refractivity contribution is -0.167. The van der Waals surface area contributed by atoms with E-state index in [0.29, 0.717) is 19.3 Å². The van der Waals surface area contributed by atoms with Crippen LogP contribution >= 0.6 is 0 Å². The molecule has 0 radical (unpaired) electrons. The molecule has 0 aliphatic heterocycles. The van der Waals surface area contributed by atoms with Crippen LogP contribution in [0.3, 0.4) is 0 Å². The molecule has 0 spiro atoms. The van der Waals surface area contributed by atoms with E-state index in [4.69, 9.17) is 14.2 Å². The van der Waals surface area contributed by atoms with Gasteiger partial charge in [0.15, 0.2) is 6.10 Å². The maximum Gasteiger partial charge on any atom is 0.306 e. The van der Waals surface area contributed by atoms with E-state index < -0.39 is 6.10 Å². The van der Waals surface area contributed by atoms with Crippen LogP contribution in [0.1, 0.15) is 324 Å². The Labute approximate surface area is 406 Å². The zero-order valence-electron chi connectivity index (χ0n) is 44.8. The monoisotopic (exact) mass is 919 g/mol. The molecule has 0 aliphatic carbocycles. The molecule has 1 atom stereocenters. The summed E-state index contributed by atoms with van der Waals surface area (Å²) in [5.74, 6) is 1.65. The van der Waals surface area contributed by atoms with Gasteiger partial charge in [-0.05, 0) is 37.0 Å². The van der Waals surface area contributed by atoms with Gasteiger partial charge in [-0.15, -0.1) is 0 Å². The third-order valence-corrected chi connectivity index (χ3v) is 13.4. The van der Waals surface area contributed by atoms with Gasteiger partial charge in [-0.25, -0.2) is 0 Å². The summed E-state index contributed by atoms with van der Waals surface area (Å²) >= 11 is 0. The maximum absolute atomic E-state index is 12.9. The fourth-order valence-corrected chi connectivity index (χ4v) is 9.00. The molecule has 0 aromatic rings. The first-order valence-electron chi connectivity index (χ1n) is 29.1. The van der Waals surface area contributed by atoms with Crippen molar-refractivity contribution in [1.29, 1.82) is 0 Å². The summed E-state index contributed by atoms with van der Waals surface area (Å²) in [4.78, 5) is 38.1. The van der Waals surface area contributed by atoms with Gasteiger partial charge in [0.25, 0.3) is 0 Å². The molecule has 0 N–H and O–H groups in total. The molecular weight excluding hydrogens is 805 g/mol. The van der Waals surface area contributed by atoms with Crippen molar-refractivity contribution >= 4 is 17.9 Å². The quantitative estimate of drug-likeness (QED) is 0.0344. The van der Waals surface area contributed by atoms with Gasteiger partial charge in [0, 0.05) is 19.3 Å². The standard InChI is InChI=1S/C59H114O6/c1-53(2)45-39-33-27-21-17-13-9-7-11-15-19-23-30-36-42-48-57(60)63-51-56(52-64-58(61)49-43-37-31-26-25-29-35-41-47-55(5)6)65-59(62)50-44-38-32-24-20-16-12-8-10-14-18-22-28-34-40-46-54(3)4/h53-56H,7-52H2,1-6H3/t56-/m0/s1. The molecule has 65 heavy (non-hydrogen) atoms. The van der Waals surface area contributed by atoms with Crippen LogP contribution in [0.25, 0.3) is 0 Å². The predicted molar refractivity (Wildman–Crippen MR) is 279 cm³/mol. The van der Waals surface area contributed by atoms with Gasteiger partial charge in [0.05, 0.1) is 0 Å². The molecule has 0 aromatic carbocycles. The summed E-state index contributed by atoms with van der Waals surface area (Å²) in [7, 11) is 0. The van der Waals surface area contributed by atoms with E-state index in [2.05, 4.69) is 41.5 Å². The zero-order chi connectivity index (χ0) is 47.7. The summed E-state index contributed by atoms with van der Waals surface area (Å²) in [6.45, 7) is 13.7. The van der Waals surface area contributed by atoms with Crippen LogP contribution in [0, 0.1) is 17.8 Å².